The molecule has 7 nitrogen and oxygen atoms in total. The maximum atomic E-state index is 12.9. The van der Waals surface area contributed by atoms with Gasteiger partial charge >= 0.3 is 5.97 Å². The van der Waals surface area contributed by atoms with Crippen LogP contribution in [0.3, 0.4) is 0 Å². The lowest BCUT2D eigenvalue weighted by atomic mass is 9.97. The standard InChI is InChI=1S/C19H24N4O3S/c1-4-26-18(25)14-6-9-23(10-7-14)17(24)16-13(3)21-19(27-16)22-15-11-12(2)5-8-20-15/h5,8,11,14H,4,6-7,9-10H2,1-3H3,(H,20,21,22). The molecule has 8 heteroatoms. The fourth-order valence-corrected chi connectivity index (χ4v) is 4.03. The van der Waals surface area contributed by atoms with Gasteiger partial charge in [0.05, 0.1) is 18.2 Å². The van der Waals surface area contributed by atoms with Gasteiger partial charge in [0.15, 0.2) is 5.13 Å². The van der Waals surface area contributed by atoms with Crippen LogP contribution < -0.4 is 5.32 Å². The number of likely N-dealkylation sites (tertiary alicyclic amines) is 1. The monoisotopic (exact) mass is 388 g/mol. The highest BCUT2D eigenvalue weighted by molar-refractivity contribution is 7.17. The minimum Gasteiger partial charge on any atom is -0.466 e. The lowest BCUT2D eigenvalue weighted by molar-refractivity contribution is -0.149. The average Bonchev–Trinajstić information content (AvgIpc) is 3.01. The number of hydrogen-bond acceptors (Lipinski definition) is 7. The van der Waals surface area contributed by atoms with Crippen molar-refractivity contribution in [2.75, 3.05) is 25.0 Å². The van der Waals surface area contributed by atoms with Crippen molar-refractivity contribution in [3.8, 4) is 0 Å². The van der Waals surface area contributed by atoms with Gasteiger partial charge in [-0.25, -0.2) is 9.97 Å². The van der Waals surface area contributed by atoms with Gasteiger partial charge in [-0.1, -0.05) is 11.3 Å². The number of piperidine rings is 1. The van der Waals surface area contributed by atoms with Crippen LogP contribution >= 0.6 is 11.3 Å². The Morgan fingerprint density at radius 2 is 2.07 bits per heavy atom. The van der Waals surface area contributed by atoms with Crippen LogP contribution in [0.2, 0.25) is 0 Å². The van der Waals surface area contributed by atoms with Gasteiger partial charge in [0, 0.05) is 19.3 Å². The smallest absolute Gasteiger partial charge is 0.309 e. The topological polar surface area (TPSA) is 84.4 Å². The number of hydrogen-bond donors (Lipinski definition) is 1. The first-order chi connectivity index (χ1) is 13.0. The Kier molecular flexibility index (Phi) is 6.05. The van der Waals surface area contributed by atoms with Gasteiger partial charge in [0.2, 0.25) is 0 Å². The molecule has 1 amide bonds. The summed E-state index contributed by atoms with van der Waals surface area (Å²) in [5, 5.41) is 3.81. The third-order valence-corrected chi connectivity index (χ3v) is 5.60. The Hall–Kier alpha value is -2.48. The number of nitrogens with zero attached hydrogens (tertiary/aromatic N) is 3. The Morgan fingerprint density at radius 1 is 1.33 bits per heavy atom. The molecule has 0 bridgehead atoms. The number of carbonyl (C=O) groups is 2. The zero-order chi connectivity index (χ0) is 19.4. The van der Waals surface area contributed by atoms with Crippen LogP contribution in [0.15, 0.2) is 18.3 Å². The van der Waals surface area contributed by atoms with E-state index in [1.54, 1.807) is 18.0 Å². The summed E-state index contributed by atoms with van der Waals surface area (Å²) in [6.07, 6.45) is 3.01. The van der Waals surface area contributed by atoms with E-state index in [0.29, 0.717) is 54.1 Å². The fourth-order valence-electron chi connectivity index (χ4n) is 3.08. The quantitative estimate of drug-likeness (QED) is 0.791. The van der Waals surface area contributed by atoms with Crippen molar-refractivity contribution < 1.29 is 14.3 Å². The van der Waals surface area contributed by atoms with E-state index in [0.717, 1.165) is 5.56 Å². The van der Waals surface area contributed by atoms with E-state index in [1.807, 2.05) is 26.0 Å². The van der Waals surface area contributed by atoms with Gasteiger partial charge in [0.1, 0.15) is 10.7 Å². The SMILES string of the molecule is CCOC(=O)C1CCN(C(=O)c2sc(Nc3cc(C)ccn3)nc2C)CC1. The molecule has 0 saturated carbocycles. The van der Waals surface area contributed by atoms with Gasteiger partial charge in [0.25, 0.3) is 5.91 Å². The molecule has 3 heterocycles. The average molecular weight is 388 g/mol. The van der Waals surface area contributed by atoms with Crippen molar-refractivity contribution >= 4 is 34.2 Å². The minimum absolute atomic E-state index is 0.0300. The van der Waals surface area contributed by atoms with Crippen molar-refractivity contribution in [2.24, 2.45) is 5.92 Å². The van der Waals surface area contributed by atoms with Crippen molar-refractivity contribution in [2.45, 2.75) is 33.6 Å². The molecule has 0 aromatic carbocycles. The summed E-state index contributed by atoms with van der Waals surface area (Å²) in [5.41, 5.74) is 1.80. The predicted octanol–water partition coefficient (Wildman–Crippen LogP) is 3.31. The summed E-state index contributed by atoms with van der Waals surface area (Å²) < 4.78 is 5.08. The molecule has 0 atom stereocenters. The van der Waals surface area contributed by atoms with E-state index in [-0.39, 0.29) is 17.8 Å². The second kappa shape index (κ2) is 8.47. The largest absolute Gasteiger partial charge is 0.466 e. The number of thiazole rings is 1. The number of ether oxygens (including phenoxy) is 1. The lowest BCUT2D eigenvalue weighted by Gasteiger charge is -2.30. The van der Waals surface area contributed by atoms with E-state index in [9.17, 15) is 9.59 Å². The number of aryl methyl sites for hydroxylation is 2. The van der Waals surface area contributed by atoms with Gasteiger partial charge in [-0.2, -0.15) is 0 Å². The molecule has 1 N–H and O–H groups in total. The summed E-state index contributed by atoms with van der Waals surface area (Å²) in [7, 11) is 0. The number of amides is 1. The third-order valence-electron chi connectivity index (χ3n) is 4.54. The number of aromatic nitrogens is 2. The van der Waals surface area contributed by atoms with Gasteiger partial charge < -0.3 is 15.0 Å². The van der Waals surface area contributed by atoms with E-state index >= 15 is 0 Å². The summed E-state index contributed by atoms with van der Waals surface area (Å²) in [6, 6.07) is 3.85. The highest BCUT2D eigenvalue weighted by atomic mass is 32.1. The van der Waals surface area contributed by atoms with Gasteiger partial charge in [-0.3, -0.25) is 9.59 Å². The molecule has 1 saturated heterocycles. The minimum atomic E-state index is -0.157. The van der Waals surface area contributed by atoms with E-state index in [2.05, 4.69) is 15.3 Å². The number of pyridine rings is 1. The normalized spacial score (nSPS) is 14.9. The van der Waals surface area contributed by atoms with E-state index in [1.165, 1.54) is 11.3 Å². The zero-order valence-electron chi connectivity index (χ0n) is 15.8. The number of esters is 1. The molecule has 1 aliphatic rings. The van der Waals surface area contributed by atoms with Crippen molar-refractivity contribution in [1.29, 1.82) is 0 Å². The maximum Gasteiger partial charge on any atom is 0.309 e. The fraction of sp³-hybridized carbons (Fsp3) is 0.474. The summed E-state index contributed by atoms with van der Waals surface area (Å²) in [5.74, 6) is 0.410. The molecule has 144 valence electrons. The first-order valence-corrected chi connectivity index (χ1v) is 9.92. The van der Waals surface area contributed by atoms with Crippen LogP contribution in [0.4, 0.5) is 10.9 Å². The van der Waals surface area contributed by atoms with Crippen LogP contribution in [-0.4, -0.2) is 46.4 Å². The first-order valence-electron chi connectivity index (χ1n) is 9.11. The molecular weight excluding hydrogens is 364 g/mol. The van der Waals surface area contributed by atoms with Gasteiger partial charge in [-0.15, -0.1) is 0 Å². The number of anilines is 2. The van der Waals surface area contributed by atoms with Crippen molar-refractivity contribution in [3.05, 3.63) is 34.5 Å². The second-order valence-corrected chi connectivity index (χ2v) is 7.59. The molecule has 1 fully saturated rings. The van der Waals surface area contributed by atoms with Crippen LogP contribution in [0, 0.1) is 19.8 Å². The van der Waals surface area contributed by atoms with Crippen LogP contribution in [0.25, 0.3) is 0 Å². The summed E-state index contributed by atoms with van der Waals surface area (Å²) in [6.45, 7) is 7.15. The number of nitrogens with one attached hydrogen (secondary N) is 1. The van der Waals surface area contributed by atoms with E-state index in [4.69, 9.17) is 4.74 Å². The summed E-state index contributed by atoms with van der Waals surface area (Å²) in [4.78, 5) is 35.9. The highest BCUT2D eigenvalue weighted by Gasteiger charge is 2.30. The third kappa shape index (κ3) is 4.63. The zero-order valence-corrected chi connectivity index (χ0v) is 16.6. The molecule has 27 heavy (non-hydrogen) atoms. The molecule has 1 aliphatic heterocycles. The van der Waals surface area contributed by atoms with Crippen LogP contribution in [0.1, 0.15) is 40.7 Å². The molecular formula is C19H24N4O3S. The van der Waals surface area contributed by atoms with Crippen molar-refractivity contribution in [3.63, 3.8) is 0 Å². The lowest BCUT2D eigenvalue weighted by Crippen LogP contribution is -2.40. The number of carbonyl (C=O) groups excluding carboxylic acids is 2. The Balaban J connectivity index is 1.64. The molecule has 0 spiro atoms. The summed E-state index contributed by atoms with van der Waals surface area (Å²) >= 11 is 1.33. The molecule has 0 unspecified atom stereocenters. The molecule has 3 rings (SSSR count). The molecule has 2 aromatic rings. The molecule has 2 aromatic heterocycles. The van der Waals surface area contributed by atoms with Gasteiger partial charge in [-0.05, 0) is 51.3 Å². The first kappa shape index (κ1) is 19.3. The van der Waals surface area contributed by atoms with E-state index < -0.39 is 0 Å². The maximum absolute atomic E-state index is 12.9. The Labute approximate surface area is 162 Å². The Bertz CT molecular complexity index is 828. The van der Waals surface area contributed by atoms with Crippen molar-refractivity contribution in [1.82, 2.24) is 14.9 Å². The number of rotatable bonds is 5. The molecule has 0 radical (unpaired) electrons. The highest BCUT2D eigenvalue weighted by Crippen LogP contribution is 2.28. The second-order valence-electron chi connectivity index (χ2n) is 6.60. The predicted molar refractivity (Wildman–Crippen MR) is 104 cm³/mol. The Morgan fingerprint density at radius 3 is 2.74 bits per heavy atom. The van der Waals surface area contributed by atoms with Crippen LogP contribution in [-0.2, 0) is 9.53 Å². The molecule has 0 aliphatic carbocycles. The van der Waals surface area contributed by atoms with Crippen LogP contribution in [0.5, 0.6) is 0 Å².